The fourth-order valence-corrected chi connectivity index (χ4v) is 3.53. The standard InChI is InChI=1S/C20H29Cl2N3O2/c1-13(2)7-10-23-20(27)15-8-11-25(12-9-15)14(3)19(26)24-17-6-4-5-16(21)18(17)22/h4-6,13-15H,7-12H2,1-3H3,(H,23,27)(H,24,26)/t14-/m0/s1. The van der Waals surface area contributed by atoms with E-state index in [1.165, 1.54) is 0 Å². The molecule has 0 radical (unpaired) electrons. The molecule has 0 saturated carbocycles. The zero-order valence-electron chi connectivity index (χ0n) is 16.2. The average Bonchev–Trinajstić information content (AvgIpc) is 2.64. The number of halogens is 2. The largest absolute Gasteiger partial charge is 0.356 e. The van der Waals surface area contributed by atoms with Gasteiger partial charge in [-0.1, -0.05) is 43.1 Å². The minimum absolute atomic E-state index is 0.0334. The Morgan fingerprint density at radius 1 is 1.19 bits per heavy atom. The first-order valence-corrected chi connectivity index (χ1v) is 10.3. The third kappa shape index (κ3) is 6.37. The van der Waals surface area contributed by atoms with E-state index in [-0.39, 0.29) is 23.8 Å². The molecule has 1 heterocycles. The van der Waals surface area contributed by atoms with E-state index < -0.39 is 0 Å². The summed E-state index contributed by atoms with van der Waals surface area (Å²) in [5.41, 5.74) is 0.514. The topological polar surface area (TPSA) is 61.4 Å². The quantitative estimate of drug-likeness (QED) is 0.703. The molecule has 2 rings (SSSR count). The molecule has 150 valence electrons. The van der Waals surface area contributed by atoms with Gasteiger partial charge in [0.15, 0.2) is 0 Å². The van der Waals surface area contributed by atoms with Gasteiger partial charge in [-0.15, -0.1) is 0 Å². The molecule has 1 fully saturated rings. The molecule has 1 aromatic rings. The molecule has 0 unspecified atom stereocenters. The van der Waals surface area contributed by atoms with E-state index >= 15 is 0 Å². The molecule has 1 atom stereocenters. The number of nitrogens with one attached hydrogen (secondary N) is 2. The number of likely N-dealkylation sites (tertiary alicyclic amines) is 1. The molecule has 27 heavy (non-hydrogen) atoms. The number of nitrogens with zero attached hydrogens (tertiary/aromatic N) is 1. The summed E-state index contributed by atoms with van der Waals surface area (Å²) in [6.45, 7) is 8.34. The Labute approximate surface area is 171 Å². The smallest absolute Gasteiger partial charge is 0.241 e. The molecule has 0 spiro atoms. The number of carbonyl (C=O) groups is 2. The van der Waals surface area contributed by atoms with E-state index in [1.54, 1.807) is 18.2 Å². The summed E-state index contributed by atoms with van der Waals surface area (Å²) < 4.78 is 0. The van der Waals surface area contributed by atoms with Crippen LogP contribution in [-0.2, 0) is 9.59 Å². The van der Waals surface area contributed by atoms with Crippen LogP contribution in [0, 0.1) is 11.8 Å². The first-order chi connectivity index (χ1) is 12.8. The predicted molar refractivity (Wildman–Crippen MR) is 111 cm³/mol. The highest BCUT2D eigenvalue weighted by Gasteiger charge is 2.29. The summed E-state index contributed by atoms with van der Waals surface area (Å²) in [6, 6.07) is 4.86. The fraction of sp³-hybridized carbons (Fsp3) is 0.600. The maximum atomic E-state index is 12.6. The van der Waals surface area contributed by atoms with Gasteiger partial charge in [0.05, 0.1) is 21.8 Å². The van der Waals surface area contributed by atoms with E-state index in [0.29, 0.717) is 21.7 Å². The zero-order chi connectivity index (χ0) is 20.0. The van der Waals surface area contributed by atoms with Crippen molar-refractivity contribution < 1.29 is 9.59 Å². The van der Waals surface area contributed by atoms with E-state index in [0.717, 1.165) is 38.9 Å². The van der Waals surface area contributed by atoms with Crippen molar-refractivity contribution in [2.75, 3.05) is 25.0 Å². The van der Waals surface area contributed by atoms with Gasteiger partial charge in [0.1, 0.15) is 0 Å². The normalized spacial score (nSPS) is 17.0. The first-order valence-electron chi connectivity index (χ1n) is 9.56. The summed E-state index contributed by atoms with van der Waals surface area (Å²) in [4.78, 5) is 26.9. The molecule has 7 heteroatoms. The summed E-state index contributed by atoms with van der Waals surface area (Å²) in [7, 11) is 0. The Morgan fingerprint density at radius 2 is 1.85 bits per heavy atom. The van der Waals surface area contributed by atoms with Crippen LogP contribution < -0.4 is 10.6 Å². The first kappa shape index (κ1) is 22.0. The van der Waals surface area contributed by atoms with Crippen LogP contribution in [0.15, 0.2) is 18.2 Å². The maximum absolute atomic E-state index is 12.6. The van der Waals surface area contributed by atoms with Gasteiger partial charge in [-0.2, -0.15) is 0 Å². The molecule has 0 aromatic heterocycles. The van der Waals surface area contributed by atoms with Crippen molar-refractivity contribution in [2.24, 2.45) is 11.8 Å². The molecule has 0 aliphatic carbocycles. The van der Waals surface area contributed by atoms with Crippen molar-refractivity contribution in [3.8, 4) is 0 Å². The Balaban J connectivity index is 1.81. The maximum Gasteiger partial charge on any atom is 0.241 e. The molecule has 1 aliphatic rings. The lowest BCUT2D eigenvalue weighted by molar-refractivity contribution is -0.127. The SMILES string of the molecule is CC(C)CCNC(=O)C1CCN([C@@H](C)C(=O)Nc2cccc(Cl)c2Cl)CC1. The molecule has 0 bridgehead atoms. The lowest BCUT2D eigenvalue weighted by atomic mass is 9.94. The molecule has 5 nitrogen and oxygen atoms in total. The number of benzene rings is 1. The number of carbonyl (C=O) groups excluding carboxylic acids is 2. The van der Waals surface area contributed by atoms with E-state index in [9.17, 15) is 9.59 Å². The van der Waals surface area contributed by atoms with Gasteiger partial charge in [-0.05, 0) is 57.3 Å². The van der Waals surface area contributed by atoms with Crippen LogP contribution in [-0.4, -0.2) is 42.4 Å². The van der Waals surface area contributed by atoms with Crippen molar-refractivity contribution in [1.82, 2.24) is 10.2 Å². The number of piperidine rings is 1. The predicted octanol–water partition coefficient (Wildman–Crippen LogP) is 4.19. The van der Waals surface area contributed by atoms with Crippen LogP contribution in [0.5, 0.6) is 0 Å². The summed E-state index contributed by atoms with van der Waals surface area (Å²) in [5, 5.41) is 6.63. The fourth-order valence-electron chi connectivity index (χ4n) is 3.18. The second-order valence-electron chi connectivity index (χ2n) is 7.55. The minimum atomic E-state index is -0.301. The van der Waals surface area contributed by atoms with Crippen molar-refractivity contribution in [2.45, 2.75) is 46.1 Å². The highest BCUT2D eigenvalue weighted by molar-refractivity contribution is 6.44. The van der Waals surface area contributed by atoms with Crippen LogP contribution in [0.4, 0.5) is 5.69 Å². The van der Waals surface area contributed by atoms with E-state index in [2.05, 4.69) is 29.4 Å². The summed E-state index contributed by atoms with van der Waals surface area (Å²) in [6.07, 6.45) is 2.53. The van der Waals surface area contributed by atoms with Crippen molar-refractivity contribution in [3.05, 3.63) is 28.2 Å². The third-order valence-electron chi connectivity index (χ3n) is 5.06. The molecular formula is C20H29Cl2N3O2. The highest BCUT2D eigenvalue weighted by atomic mass is 35.5. The second kappa shape index (κ2) is 10.3. The molecule has 1 aromatic carbocycles. The summed E-state index contributed by atoms with van der Waals surface area (Å²) in [5.74, 6) is 0.627. The Bertz CT molecular complexity index is 659. The van der Waals surface area contributed by atoms with Gasteiger partial charge in [-0.3, -0.25) is 14.5 Å². The van der Waals surface area contributed by atoms with Gasteiger partial charge in [0, 0.05) is 12.5 Å². The second-order valence-corrected chi connectivity index (χ2v) is 8.34. The van der Waals surface area contributed by atoms with Crippen LogP contribution in [0.25, 0.3) is 0 Å². The van der Waals surface area contributed by atoms with E-state index in [1.807, 2.05) is 6.92 Å². The highest BCUT2D eigenvalue weighted by Crippen LogP contribution is 2.30. The summed E-state index contributed by atoms with van der Waals surface area (Å²) >= 11 is 12.1. The van der Waals surface area contributed by atoms with Gasteiger partial charge in [0.25, 0.3) is 0 Å². The Morgan fingerprint density at radius 3 is 2.48 bits per heavy atom. The molecule has 2 N–H and O–H groups in total. The Hall–Kier alpha value is -1.30. The number of amides is 2. The van der Waals surface area contributed by atoms with Crippen LogP contribution >= 0.6 is 23.2 Å². The Kier molecular flexibility index (Phi) is 8.39. The number of hydrogen-bond donors (Lipinski definition) is 2. The zero-order valence-corrected chi connectivity index (χ0v) is 17.7. The number of hydrogen-bond acceptors (Lipinski definition) is 3. The van der Waals surface area contributed by atoms with Crippen molar-refractivity contribution >= 4 is 40.7 Å². The third-order valence-corrected chi connectivity index (χ3v) is 5.88. The molecule has 1 saturated heterocycles. The molecule has 1 aliphatic heterocycles. The molecular weight excluding hydrogens is 385 g/mol. The van der Waals surface area contributed by atoms with Gasteiger partial charge < -0.3 is 10.6 Å². The monoisotopic (exact) mass is 413 g/mol. The average molecular weight is 414 g/mol. The van der Waals surface area contributed by atoms with Crippen molar-refractivity contribution in [1.29, 1.82) is 0 Å². The molecule has 2 amide bonds. The van der Waals surface area contributed by atoms with Gasteiger partial charge in [0.2, 0.25) is 11.8 Å². The van der Waals surface area contributed by atoms with Crippen LogP contribution in [0.1, 0.15) is 40.0 Å². The van der Waals surface area contributed by atoms with Gasteiger partial charge in [-0.25, -0.2) is 0 Å². The van der Waals surface area contributed by atoms with E-state index in [4.69, 9.17) is 23.2 Å². The minimum Gasteiger partial charge on any atom is -0.356 e. The number of rotatable bonds is 7. The van der Waals surface area contributed by atoms with Crippen LogP contribution in [0.3, 0.4) is 0 Å². The van der Waals surface area contributed by atoms with Crippen molar-refractivity contribution in [3.63, 3.8) is 0 Å². The van der Waals surface area contributed by atoms with Gasteiger partial charge >= 0.3 is 0 Å². The lowest BCUT2D eigenvalue weighted by Gasteiger charge is -2.34. The lowest BCUT2D eigenvalue weighted by Crippen LogP contribution is -2.48. The van der Waals surface area contributed by atoms with Crippen LogP contribution in [0.2, 0.25) is 10.0 Å². The number of anilines is 1.